The molecular weight excluding hydrogens is 248 g/mol. The quantitative estimate of drug-likeness (QED) is 0.911. The Morgan fingerprint density at radius 2 is 2.11 bits per heavy atom. The number of ether oxygens (including phenoxy) is 2. The summed E-state index contributed by atoms with van der Waals surface area (Å²) in [7, 11) is 1.62. The normalized spacial score (nSPS) is 19.9. The third-order valence-corrected chi connectivity index (χ3v) is 4.18. The molecule has 0 amide bonds. The van der Waals surface area contributed by atoms with Gasteiger partial charge in [0.2, 0.25) is 0 Å². The minimum absolute atomic E-state index is 0.275. The van der Waals surface area contributed by atoms with Crippen LogP contribution >= 0.6 is 11.8 Å². The van der Waals surface area contributed by atoms with Crippen molar-refractivity contribution in [3.05, 3.63) is 23.8 Å². The summed E-state index contributed by atoms with van der Waals surface area (Å²) in [4.78, 5) is 0. The van der Waals surface area contributed by atoms with Gasteiger partial charge in [-0.05, 0) is 43.7 Å². The van der Waals surface area contributed by atoms with Crippen molar-refractivity contribution < 1.29 is 14.6 Å². The van der Waals surface area contributed by atoms with E-state index >= 15 is 0 Å². The maximum atomic E-state index is 9.98. The number of methoxy groups -OCH3 is 1. The molecule has 1 aliphatic heterocycles. The van der Waals surface area contributed by atoms with Crippen molar-refractivity contribution in [3.63, 3.8) is 0 Å². The highest BCUT2D eigenvalue weighted by atomic mass is 32.2. The van der Waals surface area contributed by atoms with E-state index in [2.05, 4.69) is 0 Å². The van der Waals surface area contributed by atoms with Gasteiger partial charge >= 0.3 is 0 Å². The lowest BCUT2D eigenvalue weighted by Crippen LogP contribution is -2.17. The van der Waals surface area contributed by atoms with E-state index in [1.807, 2.05) is 30.0 Å². The predicted octanol–water partition coefficient (Wildman–Crippen LogP) is 2.81. The highest BCUT2D eigenvalue weighted by Gasteiger charge is 2.21. The average Bonchev–Trinajstić information content (AvgIpc) is 2.81. The second-order valence-electron chi connectivity index (χ2n) is 5.03. The van der Waals surface area contributed by atoms with Crippen LogP contribution in [0.1, 0.15) is 25.8 Å². The van der Waals surface area contributed by atoms with Crippen LogP contribution in [0.15, 0.2) is 18.2 Å². The first-order valence-electron chi connectivity index (χ1n) is 6.16. The molecule has 0 aliphatic carbocycles. The Balaban J connectivity index is 2.20. The van der Waals surface area contributed by atoms with Gasteiger partial charge in [-0.3, -0.25) is 0 Å². The molecule has 0 bridgehead atoms. The van der Waals surface area contributed by atoms with Gasteiger partial charge < -0.3 is 14.6 Å². The van der Waals surface area contributed by atoms with Crippen LogP contribution < -0.4 is 9.47 Å². The second-order valence-corrected chi connectivity index (χ2v) is 6.18. The Bertz CT molecular complexity index is 406. The van der Waals surface area contributed by atoms with E-state index in [9.17, 15) is 5.11 Å². The van der Waals surface area contributed by atoms with Crippen LogP contribution in [0.4, 0.5) is 0 Å². The lowest BCUT2D eigenvalue weighted by Gasteiger charge is -2.21. The van der Waals surface area contributed by atoms with Crippen LogP contribution in [0.2, 0.25) is 0 Å². The van der Waals surface area contributed by atoms with Gasteiger partial charge in [0.1, 0.15) is 6.10 Å². The number of hydrogen-bond acceptors (Lipinski definition) is 4. The molecule has 0 spiro atoms. The number of hydrogen-bond donors (Lipinski definition) is 1. The summed E-state index contributed by atoms with van der Waals surface area (Å²) in [6, 6.07) is 5.62. The highest BCUT2D eigenvalue weighted by Crippen LogP contribution is 2.34. The van der Waals surface area contributed by atoms with Crippen LogP contribution in [-0.4, -0.2) is 29.8 Å². The van der Waals surface area contributed by atoms with Crippen molar-refractivity contribution >= 4 is 11.8 Å². The molecule has 0 aromatic heterocycles. The van der Waals surface area contributed by atoms with Crippen molar-refractivity contribution in [1.29, 1.82) is 0 Å². The summed E-state index contributed by atoms with van der Waals surface area (Å²) in [5.74, 6) is 3.65. The molecule has 3 nitrogen and oxygen atoms in total. The Kier molecular flexibility index (Phi) is 4.07. The Morgan fingerprint density at radius 1 is 1.33 bits per heavy atom. The van der Waals surface area contributed by atoms with E-state index in [0.29, 0.717) is 5.75 Å². The highest BCUT2D eigenvalue weighted by molar-refractivity contribution is 7.99. The first-order valence-corrected chi connectivity index (χ1v) is 7.31. The van der Waals surface area contributed by atoms with E-state index in [4.69, 9.17) is 9.47 Å². The van der Waals surface area contributed by atoms with E-state index in [0.717, 1.165) is 29.2 Å². The third kappa shape index (κ3) is 3.12. The smallest absolute Gasteiger partial charge is 0.161 e. The number of aliphatic hydroxyl groups is 1. The largest absolute Gasteiger partial charge is 0.493 e. The van der Waals surface area contributed by atoms with Crippen LogP contribution in [0.5, 0.6) is 11.5 Å². The van der Waals surface area contributed by atoms with Crippen LogP contribution in [0, 0.1) is 0 Å². The van der Waals surface area contributed by atoms with Crippen molar-refractivity contribution in [2.75, 3.05) is 18.6 Å². The van der Waals surface area contributed by atoms with Gasteiger partial charge in [0.05, 0.1) is 12.7 Å². The molecular formula is C14H20O3S. The lowest BCUT2D eigenvalue weighted by atomic mass is 9.98. The van der Waals surface area contributed by atoms with Gasteiger partial charge in [-0.15, -0.1) is 0 Å². The molecule has 1 N–H and O–H groups in total. The maximum absolute atomic E-state index is 9.98. The molecule has 1 unspecified atom stereocenters. The van der Waals surface area contributed by atoms with Crippen molar-refractivity contribution in [1.82, 2.24) is 0 Å². The molecule has 1 fully saturated rings. The number of rotatable bonds is 4. The average molecular weight is 268 g/mol. The number of benzene rings is 1. The van der Waals surface area contributed by atoms with Gasteiger partial charge in [-0.25, -0.2) is 0 Å². The minimum Gasteiger partial charge on any atom is -0.493 e. The zero-order chi connectivity index (χ0) is 13.2. The Labute approximate surface area is 112 Å². The van der Waals surface area contributed by atoms with Gasteiger partial charge in [-0.1, -0.05) is 6.07 Å². The Hall–Kier alpha value is -0.870. The molecule has 1 saturated heterocycles. The standard InChI is InChI=1S/C14H20O3S/c1-14(2,15)10-4-5-12(13(8-10)16-3)17-11-6-7-18-9-11/h4-5,8,11,15H,6-7,9H2,1-3H3. The van der Waals surface area contributed by atoms with Crippen molar-refractivity contribution in [3.8, 4) is 11.5 Å². The van der Waals surface area contributed by atoms with E-state index in [-0.39, 0.29) is 6.10 Å². The van der Waals surface area contributed by atoms with Gasteiger partial charge in [0, 0.05) is 5.75 Å². The second kappa shape index (κ2) is 5.41. The summed E-state index contributed by atoms with van der Waals surface area (Å²) < 4.78 is 11.3. The molecule has 1 heterocycles. The fourth-order valence-electron chi connectivity index (χ4n) is 1.93. The molecule has 18 heavy (non-hydrogen) atoms. The summed E-state index contributed by atoms with van der Waals surface area (Å²) in [6.07, 6.45) is 1.36. The number of thioether (sulfide) groups is 1. The van der Waals surface area contributed by atoms with E-state index < -0.39 is 5.60 Å². The molecule has 2 rings (SSSR count). The molecule has 1 aromatic carbocycles. The SMILES string of the molecule is COc1cc(C(C)(C)O)ccc1OC1CCSC1. The first-order chi connectivity index (χ1) is 8.50. The monoisotopic (exact) mass is 268 g/mol. The zero-order valence-electron chi connectivity index (χ0n) is 11.1. The Morgan fingerprint density at radius 3 is 2.67 bits per heavy atom. The summed E-state index contributed by atoms with van der Waals surface area (Å²) in [5, 5.41) is 9.98. The van der Waals surface area contributed by atoms with Crippen LogP contribution in [-0.2, 0) is 5.60 Å². The van der Waals surface area contributed by atoms with Crippen molar-refractivity contribution in [2.45, 2.75) is 32.0 Å². The van der Waals surface area contributed by atoms with Gasteiger partial charge in [-0.2, -0.15) is 11.8 Å². The summed E-state index contributed by atoms with van der Waals surface area (Å²) in [5.41, 5.74) is -0.0397. The van der Waals surface area contributed by atoms with Gasteiger partial charge in [0.15, 0.2) is 11.5 Å². The van der Waals surface area contributed by atoms with E-state index in [1.165, 1.54) is 0 Å². The molecule has 100 valence electrons. The first kappa shape index (κ1) is 13.6. The maximum Gasteiger partial charge on any atom is 0.161 e. The zero-order valence-corrected chi connectivity index (χ0v) is 11.9. The molecule has 0 radical (unpaired) electrons. The molecule has 1 aliphatic rings. The molecule has 1 atom stereocenters. The van der Waals surface area contributed by atoms with E-state index in [1.54, 1.807) is 21.0 Å². The molecule has 1 aromatic rings. The summed E-state index contributed by atoms with van der Waals surface area (Å²) in [6.45, 7) is 3.52. The fraction of sp³-hybridized carbons (Fsp3) is 0.571. The topological polar surface area (TPSA) is 38.7 Å². The third-order valence-electron chi connectivity index (χ3n) is 3.05. The lowest BCUT2D eigenvalue weighted by molar-refractivity contribution is 0.0782. The minimum atomic E-state index is -0.866. The predicted molar refractivity (Wildman–Crippen MR) is 74.6 cm³/mol. The van der Waals surface area contributed by atoms with Crippen LogP contribution in [0.3, 0.4) is 0 Å². The fourth-order valence-corrected chi connectivity index (χ4v) is 3.02. The molecule has 4 heteroatoms. The van der Waals surface area contributed by atoms with Crippen LogP contribution in [0.25, 0.3) is 0 Å². The molecule has 0 saturated carbocycles. The van der Waals surface area contributed by atoms with Gasteiger partial charge in [0.25, 0.3) is 0 Å². The summed E-state index contributed by atoms with van der Waals surface area (Å²) >= 11 is 1.92. The van der Waals surface area contributed by atoms with Crippen molar-refractivity contribution in [2.24, 2.45) is 0 Å².